The summed E-state index contributed by atoms with van der Waals surface area (Å²) < 4.78 is 0. The number of benzene rings is 2. The van der Waals surface area contributed by atoms with E-state index >= 15 is 0 Å². The van der Waals surface area contributed by atoms with E-state index < -0.39 is 0 Å². The molecule has 0 spiro atoms. The van der Waals surface area contributed by atoms with Gasteiger partial charge in [0.2, 0.25) is 5.91 Å². The van der Waals surface area contributed by atoms with Crippen molar-refractivity contribution in [1.82, 2.24) is 5.32 Å². The van der Waals surface area contributed by atoms with Crippen LogP contribution in [0.2, 0.25) is 0 Å². The number of rotatable bonds is 2. The van der Waals surface area contributed by atoms with Crippen molar-refractivity contribution in [3.8, 4) is 6.07 Å². The molecule has 2 heterocycles. The van der Waals surface area contributed by atoms with E-state index in [2.05, 4.69) is 15.5 Å². The number of carbonyl (C=O) groups excluding carboxylic acids is 2. The Hall–Kier alpha value is -3.33. The number of hydrogen-bond donors (Lipinski definition) is 2. The molecule has 2 unspecified atom stereocenters. The fraction of sp³-hybridized carbons (Fsp3) is 0.211. The van der Waals surface area contributed by atoms with Crippen LogP contribution in [-0.4, -0.2) is 30.4 Å². The van der Waals surface area contributed by atoms with E-state index in [4.69, 9.17) is 5.26 Å². The standard InChI is InChI=1S/C19H16N4O2/c20-10-12-5-7-13(8-6-12)18(24)21-14-9-17-19(25)22-15-3-1-2-4-16(15)23(17)11-14/h1-8,14,17H,9,11H2,(H,21,24)(H,22,25). The number of carbonyl (C=O) groups is 2. The molecular weight excluding hydrogens is 316 g/mol. The maximum absolute atomic E-state index is 12.4. The normalized spacial score (nSPS) is 20.9. The summed E-state index contributed by atoms with van der Waals surface area (Å²) in [5.41, 5.74) is 2.82. The van der Waals surface area contributed by atoms with Crippen molar-refractivity contribution in [3.63, 3.8) is 0 Å². The maximum atomic E-state index is 12.4. The Labute approximate surface area is 145 Å². The summed E-state index contributed by atoms with van der Waals surface area (Å²) in [6, 6.07) is 15.9. The molecule has 0 saturated carbocycles. The van der Waals surface area contributed by atoms with E-state index in [9.17, 15) is 9.59 Å². The zero-order valence-electron chi connectivity index (χ0n) is 13.4. The summed E-state index contributed by atoms with van der Waals surface area (Å²) in [6.45, 7) is 0.594. The Morgan fingerprint density at radius 2 is 1.96 bits per heavy atom. The molecule has 1 saturated heterocycles. The van der Waals surface area contributed by atoms with Crippen molar-refractivity contribution in [2.45, 2.75) is 18.5 Å². The van der Waals surface area contributed by atoms with Crippen molar-refractivity contribution in [3.05, 3.63) is 59.7 Å². The van der Waals surface area contributed by atoms with Crippen LogP contribution < -0.4 is 15.5 Å². The number of hydrogen-bond acceptors (Lipinski definition) is 4. The number of nitrogens with one attached hydrogen (secondary N) is 2. The van der Waals surface area contributed by atoms with Gasteiger partial charge in [0.1, 0.15) is 6.04 Å². The summed E-state index contributed by atoms with van der Waals surface area (Å²) in [4.78, 5) is 26.8. The van der Waals surface area contributed by atoms with E-state index in [0.29, 0.717) is 24.1 Å². The molecule has 4 rings (SSSR count). The first-order valence-corrected chi connectivity index (χ1v) is 8.13. The molecule has 6 heteroatoms. The Morgan fingerprint density at radius 3 is 2.72 bits per heavy atom. The highest BCUT2D eigenvalue weighted by Crippen LogP contribution is 2.36. The van der Waals surface area contributed by atoms with Crippen molar-refractivity contribution >= 4 is 23.2 Å². The predicted molar refractivity (Wildman–Crippen MR) is 93.2 cm³/mol. The monoisotopic (exact) mass is 332 g/mol. The van der Waals surface area contributed by atoms with E-state index in [0.717, 1.165) is 11.4 Å². The van der Waals surface area contributed by atoms with Crippen LogP contribution in [0, 0.1) is 11.3 Å². The lowest BCUT2D eigenvalue weighted by molar-refractivity contribution is -0.117. The molecule has 2 aromatic rings. The van der Waals surface area contributed by atoms with Gasteiger partial charge in [-0.25, -0.2) is 0 Å². The summed E-state index contributed by atoms with van der Waals surface area (Å²) in [7, 11) is 0. The highest BCUT2D eigenvalue weighted by molar-refractivity contribution is 6.04. The van der Waals surface area contributed by atoms with Gasteiger partial charge in [-0.15, -0.1) is 0 Å². The van der Waals surface area contributed by atoms with Crippen molar-refractivity contribution in [2.24, 2.45) is 0 Å². The Morgan fingerprint density at radius 1 is 1.20 bits per heavy atom. The van der Waals surface area contributed by atoms with Crippen molar-refractivity contribution in [2.75, 3.05) is 16.8 Å². The second kappa shape index (κ2) is 5.95. The molecule has 0 radical (unpaired) electrons. The minimum absolute atomic E-state index is 0.0335. The zero-order chi connectivity index (χ0) is 17.4. The molecule has 0 bridgehead atoms. The smallest absolute Gasteiger partial charge is 0.251 e. The SMILES string of the molecule is N#Cc1ccc(C(=O)NC2CC3C(=O)Nc4ccccc4N3C2)cc1. The van der Waals surface area contributed by atoms with E-state index in [1.807, 2.05) is 30.3 Å². The van der Waals surface area contributed by atoms with Gasteiger partial charge in [-0.2, -0.15) is 5.26 Å². The minimum atomic E-state index is -0.263. The van der Waals surface area contributed by atoms with Crippen molar-refractivity contribution < 1.29 is 9.59 Å². The summed E-state index contributed by atoms with van der Waals surface area (Å²) in [5.74, 6) is -0.225. The van der Waals surface area contributed by atoms with Crippen LogP contribution in [0.25, 0.3) is 0 Å². The maximum Gasteiger partial charge on any atom is 0.251 e. The van der Waals surface area contributed by atoms with Gasteiger partial charge in [-0.05, 0) is 42.8 Å². The van der Waals surface area contributed by atoms with Gasteiger partial charge in [0, 0.05) is 18.2 Å². The van der Waals surface area contributed by atoms with E-state index in [1.54, 1.807) is 24.3 Å². The lowest BCUT2D eigenvalue weighted by atomic mass is 10.1. The first kappa shape index (κ1) is 15.2. The molecule has 0 aromatic heterocycles. The van der Waals surface area contributed by atoms with E-state index in [-0.39, 0.29) is 23.9 Å². The number of anilines is 2. The second-order valence-corrected chi connectivity index (χ2v) is 6.27. The lowest BCUT2D eigenvalue weighted by Gasteiger charge is -2.32. The van der Waals surface area contributed by atoms with Crippen molar-refractivity contribution in [1.29, 1.82) is 5.26 Å². The quantitative estimate of drug-likeness (QED) is 0.879. The van der Waals surface area contributed by atoms with E-state index in [1.165, 1.54) is 0 Å². The summed E-state index contributed by atoms with van der Waals surface area (Å²) in [5, 5.41) is 14.7. The summed E-state index contributed by atoms with van der Waals surface area (Å²) >= 11 is 0. The molecule has 25 heavy (non-hydrogen) atoms. The fourth-order valence-corrected chi connectivity index (χ4v) is 3.47. The minimum Gasteiger partial charge on any atom is -0.356 e. The molecule has 2 N–H and O–H groups in total. The van der Waals surface area contributed by atoms with Crippen LogP contribution in [0.15, 0.2) is 48.5 Å². The van der Waals surface area contributed by atoms with Gasteiger partial charge >= 0.3 is 0 Å². The molecule has 6 nitrogen and oxygen atoms in total. The number of fused-ring (bicyclic) bond motifs is 3. The summed E-state index contributed by atoms with van der Waals surface area (Å²) in [6.07, 6.45) is 0.572. The third kappa shape index (κ3) is 2.70. The van der Waals surface area contributed by atoms with Crippen LogP contribution in [0.1, 0.15) is 22.3 Å². The molecule has 2 amide bonds. The van der Waals surface area contributed by atoms with Crippen LogP contribution >= 0.6 is 0 Å². The van der Waals surface area contributed by atoms with Crippen LogP contribution in [0.4, 0.5) is 11.4 Å². The predicted octanol–water partition coefficient (Wildman–Crippen LogP) is 1.89. The molecule has 2 atom stereocenters. The molecule has 1 fully saturated rings. The highest BCUT2D eigenvalue weighted by Gasteiger charge is 2.41. The average molecular weight is 332 g/mol. The van der Waals surface area contributed by atoms with Gasteiger partial charge in [-0.3, -0.25) is 9.59 Å². The largest absolute Gasteiger partial charge is 0.356 e. The Bertz CT molecular complexity index is 885. The van der Waals surface area contributed by atoms with Crippen LogP contribution in [-0.2, 0) is 4.79 Å². The number of amides is 2. The zero-order valence-corrected chi connectivity index (χ0v) is 13.4. The molecular formula is C19H16N4O2. The van der Waals surface area contributed by atoms with Gasteiger partial charge in [0.15, 0.2) is 0 Å². The second-order valence-electron chi connectivity index (χ2n) is 6.27. The number of nitriles is 1. The number of para-hydroxylation sites is 2. The van der Waals surface area contributed by atoms with Gasteiger partial charge in [-0.1, -0.05) is 12.1 Å². The molecule has 2 aromatic carbocycles. The average Bonchev–Trinajstić information content (AvgIpc) is 3.06. The molecule has 2 aliphatic rings. The Balaban J connectivity index is 1.50. The molecule has 2 aliphatic heterocycles. The van der Waals surface area contributed by atoms with Gasteiger partial charge < -0.3 is 15.5 Å². The molecule has 0 aliphatic carbocycles. The number of nitrogens with zero attached hydrogens (tertiary/aromatic N) is 2. The lowest BCUT2D eigenvalue weighted by Crippen LogP contribution is -2.44. The first-order chi connectivity index (χ1) is 12.2. The van der Waals surface area contributed by atoms with Crippen LogP contribution in [0.3, 0.4) is 0 Å². The third-order valence-corrected chi connectivity index (χ3v) is 4.69. The topological polar surface area (TPSA) is 85.2 Å². The molecule has 124 valence electrons. The van der Waals surface area contributed by atoms with Gasteiger partial charge in [0.25, 0.3) is 5.91 Å². The van der Waals surface area contributed by atoms with Gasteiger partial charge in [0.05, 0.1) is 23.0 Å². The Kier molecular flexibility index (Phi) is 3.62. The highest BCUT2D eigenvalue weighted by atomic mass is 16.2. The fourth-order valence-electron chi connectivity index (χ4n) is 3.47. The first-order valence-electron chi connectivity index (χ1n) is 8.13. The third-order valence-electron chi connectivity index (χ3n) is 4.69. The van der Waals surface area contributed by atoms with Crippen LogP contribution in [0.5, 0.6) is 0 Å².